The molecule has 0 aliphatic heterocycles. The van der Waals surface area contributed by atoms with Gasteiger partial charge in [-0.05, 0) is 11.4 Å². The molecule has 1 amide bonds. The average Bonchev–Trinajstić information content (AvgIpc) is 2.82. The number of fused-ring (bicyclic) bond motifs is 1. The van der Waals surface area contributed by atoms with Gasteiger partial charge in [0.2, 0.25) is 0 Å². The summed E-state index contributed by atoms with van der Waals surface area (Å²) in [5.74, 6) is -1.31. The highest BCUT2D eigenvalue weighted by Gasteiger charge is 2.04. The highest BCUT2D eigenvalue weighted by atomic mass is 32.1. The van der Waals surface area contributed by atoms with Gasteiger partial charge in [-0.15, -0.1) is 11.3 Å². The Kier molecular flexibility index (Phi) is 3.49. The first kappa shape index (κ1) is 12.0. The zero-order valence-electron chi connectivity index (χ0n) is 8.95. The standard InChI is InChI=1S/C10H8N4O3S/c15-7(1-2-8(16)17)13-14-9-6-3-4-18-10(6)12-5-11-9/h1-5H,(H,13,15)(H,16,17)(H,11,12,14). The Hall–Kier alpha value is -2.48. The van der Waals surface area contributed by atoms with Crippen LogP contribution in [0.5, 0.6) is 0 Å². The van der Waals surface area contributed by atoms with Gasteiger partial charge in [-0.2, -0.15) is 0 Å². The van der Waals surface area contributed by atoms with E-state index in [4.69, 9.17) is 5.11 Å². The van der Waals surface area contributed by atoms with Crippen LogP contribution in [0.4, 0.5) is 5.82 Å². The maximum Gasteiger partial charge on any atom is 0.328 e. The molecule has 0 bridgehead atoms. The predicted octanol–water partition coefficient (Wildman–Crippen LogP) is 0.775. The third kappa shape index (κ3) is 2.80. The number of thiophene rings is 1. The first-order chi connectivity index (χ1) is 8.66. The van der Waals surface area contributed by atoms with Crippen molar-refractivity contribution in [2.24, 2.45) is 0 Å². The quantitative estimate of drug-likeness (QED) is 0.556. The fraction of sp³-hybridized carbons (Fsp3) is 0. The summed E-state index contributed by atoms with van der Waals surface area (Å²) in [4.78, 5) is 30.3. The molecule has 2 heterocycles. The summed E-state index contributed by atoms with van der Waals surface area (Å²) in [6.45, 7) is 0. The SMILES string of the molecule is O=C(O)C=CC(=O)NNc1ncnc2sccc12. The molecule has 0 aliphatic rings. The molecule has 0 atom stereocenters. The Balaban J connectivity index is 2.04. The molecule has 2 rings (SSSR count). The zero-order valence-corrected chi connectivity index (χ0v) is 9.77. The first-order valence-corrected chi connectivity index (χ1v) is 5.70. The smallest absolute Gasteiger partial charge is 0.328 e. The topological polar surface area (TPSA) is 104 Å². The van der Waals surface area contributed by atoms with Crippen LogP contribution in [0, 0.1) is 0 Å². The van der Waals surface area contributed by atoms with E-state index in [-0.39, 0.29) is 0 Å². The Labute approximate surface area is 105 Å². The molecule has 0 aromatic carbocycles. The van der Waals surface area contributed by atoms with Gasteiger partial charge in [0.05, 0.1) is 5.39 Å². The number of nitrogens with one attached hydrogen (secondary N) is 2. The number of anilines is 1. The van der Waals surface area contributed by atoms with E-state index in [1.807, 2.05) is 11.4 Å². The van der Waals surface area contributed by atoms with Crippen molar-refractivity contribution in [3.63, 3.8) is 0 Å². The fourth-order valence-corrected chi connectivity index (χ4v) is 1.93. The van der Waals surface area contributed by atoms with Gasteiger partial charge in [-0.3, -0.25) is 15.6 Å². The summed E-state index contributed by atoms with van der Waals surface area (Å²) in [6, 6.07) is 1.82. The van der Waals surface area contributed by atoms with Gasteiger partial charge in [-0.1, -0.05) is 0 Å². The maximum absolute atomic E-state index is 11.2. The van der Waals surface area contributed by atoms with E-state index < -0.39 is 11.9 Å². The minimum Gasteiger partial charge on any atom is -0.478 e. The summed E-state index contributed by atoms with van der Waals surface area (Å²) >= 11 is 1.45. The summed E-state index contributed by atoms with van der Waals surface area (Å²) in [5.41, 5.74) is 4.92. The molecule has 3 N–H and O–H groups in total. The molecule has 18 heavy (non-hydrogen) atoms. The summed E-state index contributed by atoms with van der Waals surface area (Å²) in [7, 11) is 0. The lowest BCUT2D eigenvalue weighted by molar-refractivity contribution is -0.131. The second-order valence-corrected chi connectivity index (χ2v) is 4.04. The van der Waals surface area contributed by atoms with E-state index in [0.717, 1.165) is 22.4 Å². The molecule has 92 valence electrons. The van der Waals surface area contributed by atoms with Crippen LogP contribution in [0.3, 0.4) is 0 Å². The van der Waals surface area contributed by atoms with E-state index in [9.17, 15) is 9.59 Å². The number of hydrogen-bond acceptors (Lipinski definition) is 6. The lowest BCUT2D eigenvalue weighted by atomic mass is 10.4. The first-order valence-electron chi connectivity index (χ1n) is 4.82. The zero-order chi connectivity index (χ0) is 13.0. The molecule has 0 spiro atoms. The summed E-state index contributed by atoms with van der Waals surface area (Å²) < 4.78 is 0. The number of amides is 1. The number of hydrogen-bond donors (Lipinski definition) is 3. The van der Waals surface area contributed by atoms with Crippen LogP contribution < -0.4 is 10.9 Å². The number of rotatable bonds is 4. The number of nitrogens with zero attached hydrogens (tertiary/aromatic N) is 2. The van der Waals surface area contributed by atoms with Crippen molar-refractivity contribution in [2.45, 2.75) is 0 Å². The second-order valence-electron chi connectivity index (χ2n) is 3.15. The molecule has 0 saturated heterocycles. The van der Waals surface area contributed by atoms with Crippen LogP contribution in [0.15, 0.2) is 29.9 Å². The fourth-order valence-electron chi connectivity index (χ4n) is 1.20. The largest absolute Gasteiger partial charge is 0.478 e. The molecule has 2 aromatic rings. The highest BCUT2D eigenvalue weighted by Crippen LogP contribution is 2.22. The molecule has 0 aliphatic carbocycles. The van der Waals surface area contributed by atoms with Gasteiger partial charge in [0.15, 0.2) is 5.82 Å². The minimum absolute atomic E-state index is 0.457. The third-order valence-electron chi connectivity index (χ3n) is 1.94. The van der Waals surface area contributed by atoms with E-state index in [1.165, 1.54) is 17.7 Å². The van der Waals surface area contributed by atoms with E-state index in [1.54, 1.807) is 0 Å². The van der Waals surface area contributed by atoms with Crippen LogP contribution in [-0.2, 0) is 9.59 Å². The van der Waals surface area contributed by atoms with Crippen molar-refractivity contribution in [3.05, 3.63) is 29.9 Å². The monoisotopic (exact) mass is 264 g/mol. The molecule has 8 heteroatoms. The predicted molar refractivity (Wildman–Crippen MR) is 66.0 cm³/mol. The van der Waals surface area contributed by atoms with Crippen LogP contribution >= 0.6 is 11.3 Å². The van der Waals surface area contributed by atoms with Gasteiger partial charge < -0.3 is 5.11 Å². The lowest BCUT2D eigenvalue weighted by Gasteiger charge is -2.05. The van der Waals surface area contributed by atoms with Crippen molar-refractivity contribution >= 4 is 39.2 Å². The van der Waals surface area contributed by atoms with E-state index in [2.05, 4.69) is 20.8 Å². The maximum atomic E-state index is 11.2. The third-order valence-corrected chi connectivity index (χ3v) is 2.76. The molecule has 0 unspecified atom stereocenters. The van der Waals surface area contributed by atoms with Gasteiger partial charge in [0.1, 0.15) is 11.2 Å². The lowest BCUT2D eigenvalue weighted by Crippen LogP contribution is -2.28. The van der Waals surface area contributed by atoms with Crippen molar-refractivity contribution < 1.29 is 14.7 Å². The number of carbonyl (C=O) groups excluding carboxylic acids is 1. The number of hydrazine groups is 1. The van der Waals surface area contributed by atoms with E-state index >= 15 is 0 Å². The Morgan fingerprint density at radius 3 is 2.94 bits per heavy atom. The molecule has 0 radical (unpaired) electrons. The molecule has 0 saturated carbocycles. The van der Waals surface area contributed by atoms with Crippen LogP contribution in [0.1, 0.15) is 0 Å². The molecule has 0 fully saturated rings. The number of aromatic nitrogens is 2. The average molecular weight is 264 g/mol. The van der Waals surface area contributed by atoms with Gasteiger partial charge in [-0.25, -0.2) is 14.8 Å². The van der Waals surface area contributed by atoms with Gasteiger partial charge in [0, 0.05) is 12.2 Å². The second kappa shape index (κ2) is 5.23. The highest BCUT2D eigenvalue weighted by molar-refractivity contribution is 7.16. The number of carboxylic acids is 1. The molecule has 2 aromatic heterocycles. The molecular formula is C10H8N4O3S. The van der Waals surface area contributed by atoms with Crippen LogP contribution in [0.2, 0.25) is 0 Å². The Morgan fingerprint density at radius 1 is 1.33 bits per heavy atom. The molecule has 7 nitrogen and oxygen atoms in total. The molecular weight excluding hydrogens is 256 g/mol. The summed E-state index contributed by atoms with van der Waals surface area (Å²) in [5, 5.41) is 11.0. The Bertz CT molecular complexity index is 622. The van der Waals surface area contributed by atoms with Crippen LogP contribution in [-0.4, -0.2) is 27.0 Å². The minimum atomic E-state index is -1.19. The van der Waals surface area contributed by atoms with Crippen molar-refractivity contribution in [2.75, 3.05) is 5.43 Å². The number of aliphatic carboxylic acids is 1. The van der Waals surface area contributed by atoms with E-state index in [0.29, 0.717) is 5.82 Å². The summed E-state index contributed by atoms with van der Waals surface area (Å²) in [6.07, 6.45) is 3.03. The van der Waals surface area contributed by atoms with Crippen molar-refractivity contribution in [1.82, 2.24) is 15.4 Å². The van der Waals surface area contributed by atoms with Gasteiger partial charge in [0.25, 0.3) is 5.91 Å². The van der Waals surface area contributed by atoms with Crippen molar-refractivity contribution in [3.8, 4) is 0 Å². The van der Waals surface area contributed by atoms with Gasteiger partial charge >= 0.3 is 5.97 Å². The van der Waals surface area contributed by atoms with Crippen LogP contribution in [0.25, 0.3) is 10.2 Å². The Morgan fingerprint density at radius 2 is 2.17 bits per heavy atom. The number of carboxylic acid groups (broad SMARTS) is 1. The normalized spacial score (nSPS) is 10.7. The van der Waals surface area contributed by atoms with Crippen molar-refractivity contribution in [1.29, 1.82) is 0 Å². The number of carbonyl (C=O) groups is 2.